The van der Waals surface area contributed by atoms with Crippen molar-refractivity contribution in [2.24, 2.45) is 5.16 Å². The lowest BCUT2D eigenvalue weighted by molar-refractivity contribution is -0.136. The zero-order valence-corrected chi connectivity index (χ0v) is 13.1. The van der Waals surface area contributed by atoms with Crippen molar-refractivity contribution in [3.63, 3.8) is 0 Å². The Balaban J connectivity index is 2.08. The molecule has 0 fully saturated rings. The molecule has 0 spiro atoms. The third-order valence-electron chi connectivity index (χ3n) is 3.43. The summed E-state index contributed by atoms with van der Waals surface area (Å²) in [6, 6.07) is 14.8. The van der Waals surface area contributed by atoms with Gasteiger partial charge in [0.25, 0.3) is 5.91 Å². The highest BCUT2D eigenvalue weighted by atomic mass is 16.4. The number of hydrogen-bond donors (Lipinski definition) is 3. The van der Waals surface area contributed by atoms with Crippen LogP contribution in [0.4, 0.5) is 5.69 Å². The number of hydrogen-bond acceptors (Lipinski definition) is 5. The predicted octanol–water partition coefficient (Wildman–Crippen LogP) is 2.85. The molecule has 126 valence electrons. The van der Waals surface area contributed by atoms with Crippen LogP contribution >= 0.6 is 0 Å². The van der Waals surface area contributed by atoms with Crippen LogP contribution in [0.15, 0.2) is 53.7 Å². The lowest BCUT2D eigenvalue weighted by atomic mass is 10.1. The number of benzene rings is 2. The minimum atomic E-state index is -0.982. The molecule has 0 bridgehead atoms. The van der Waals surface area contributed by atoms with Crippen LogP contribution < -0.4 is 5.32 Å². The van der Waals surface area contributed by atoms with E-state index in [-0.39, 0.29) is 24.5 Å². The summed E-state index contributed by atoms with van der Waals surface area (Å²) in [5.41, 5.74) is 2.09. The number of rotatable bonds is 6. The smallest absolute Gasteiger partial charge is 0.303 e. The van der Waals surface area contributed by atoms with Gasteiger partial charge >= 0.3 is 5.97 Å². The van der Waals surface area contributed by atoms with E-state index >= 15 is 0 Å². The number of amides is 1. The second kappa shape index (κ2) is 8.26. The van der Waals surface area contributed by atoms with Crippen LogP contribution in [0.25, 0.3) is 0 Å². The predicted molar refractivity (Wildman–Crippen MR) is 90.7 cm³/mol. The zero-order valence-electron chi connectivity index (χ0n) is 13.1. The third-order valence-corrected chi connectivity index (χ3v) is 3.43. The number of nitrogens with zero attached hydrogens (tertiary/aromatic N) is 2. The molecule has 0 aliphatic carbocycles. The summed E-state index contributed by atoms with van der Waals surface area (Å²) < 4.78 is 0. The molecule has 0 saturated carbocycles. The molecule has 7 heteroatoms. The Bertz CT molecular complexity index is 851. The lowest BCUT2D eigenvalue weighted by Crippen LogP contribution is -2.12. The number of nitriles is 1. The van der Waals surface area contributed by atoms with Crippen LogP contribution in [0.1, 0.15) is 34.3 Å². The first-order chi connectivity index (χ1) is 12.0. The molecule has 25 heavy (non-hydrogen) atoms. The van der Waals surface area contributed by atoms with Crippen molar-refractivity contribution in [3.05, 3.63) is 65.2 Å². The van der Waals surface area contributed by atoms with E-state index in [1.54, 1.807) is 42.5 Å². The molecule has 7 nitrogen and oxygen atoms in total. The highest BCUT2D eigenvalue weighted by Crippen LogP contribution is 2.14. The fourth-order valence-electron chi connectivity index (χ4n) is 2.16. The van der Waals surface area contributed by atoms with Crippen molar-refractivity contribution in [1.82, 2.24) is 0 Å². The number of carboxylic acids is 1. The van der Waals surface area contributed by atoms with Crippen molar-refractivity contribution in [1.29, 1.82) is 5.26 Å². The summed E-state index contributed by atoms with van der Waals surface area (Å²) in [7, 11) is 0. The van der Waals surface area contributed by atoms with Gasteiger partial charge in [-0.3, -0.25) is 9.59 Å². The van der Waals surface area contributed by atoms with Gasteiger partial charge in [-0.1, -0.05) is 23.4 Å². The Morgan fingerprint density at radius 1 is 1.08 bits per heavy atom. The Morgan fingerprint density at radius 3 is 2.40 bits per heavy atom. The third kappa shape index (κ3) is 4.91. The molecule has 0 heterocycles. The van der Waals surface area contributed by atoms with E-state index < -0.39 is 5.97 Å². The number of aliphatic carboxylic acids is 1. The number of carbonyl (C=O) groups is 2. The lowest BCUT2D eigenvalue weighted by Gasteiger charge is -2.08. The molecule has 0 unspecified atom stereocenters. The van der Waals surface area contributed by atoms with Gasteiger partial charge in [0.05, 0.1) is 23.8 Å². The number of nitrogens with one attached hydrogen (secondary N) is 1. The van der Waals surface area contributed by atoms with E-state index in [9.17, 15) is 9.59 Å². The second-order valence-electron chi connectivity index (χ2n) is 5.16. The zero-order chi connectivity index (χ0) is 18.2. The molecule has 0 atom stereocenters. The molecule has 1 amide bonds. The minimum Gasteiger partial charge on any atom is -0.481 e. The van der Waals surface area contributed by atoms with Crippen molar-refractivity contribution in [2.45, 2.75) is 12.8 Å². The normalized spacial score (nSPS) is 10.8. The van der Waals surface area contributed by atoms with Crippen molar-refractivity contribution >= 4 is 23.3 Å². The summed E-state index contributed by atoms with van der Waals surface area (Å²) >= 11 is 0. The van der Waals surface area contributed by atoms with E-state index in [4.69, 9.17) is 15.6 Å². The Kier molecular flexibility index (Phi) is 5.85. The van der Waals surface area contributed by atoms with E-state index in [0.717, 1.165) is 0 Å². The molecule has 0 saturated heterocycles. The summed E-state index contributed by atoms with van der Waals surface area (Å²) in [4.78, 5) is 22.8. The second-order valence-corrected chi connectivity index (χ2v) is 5.16. The maximum atomic E-state index is 12.2. The molecular formula is C18H15N3O4. The van der Waals surface area contributed by atoms with Crippen molar-refractivity contribution in [2.75, 3.05) is 5.32 Å². The fraction of sp³-hybridized carbons (Fsp3) is 0.111. The van der Waals surface area contributed by atoms with Crippen LogP contribution in [0.3, 0.4) is 0 Å². The molecule has 2 aromatic carbocycles. The molecule has 2 rings (SSSR count). The van der Waals surface area contributed by atoms with Crippen molar-refractivity contribution in [3.8, 4) is 6.07 Å². The average molecular weight is 337 g/mol. The van der Waals surface area contributed by atoms with Crippen LogP contribution in [-0.2, 0) is 4.79 Å². The summed E-state index contributed by atoms with van der Waals surface area (Å²) in [5.74, 6) is -1.34. The van der Waals surface area contributed by atoms with Crippen molar-refractivity contribution < 1.29 is 19.9 Å². The van der Waals surface area contributed by atoms with E-state index in [1.165, 1.54) is 6.07 Å². The molecule has 3 N–H and O–H groups in total. The fourth-order valence-corrected chi connectivity index (χ4v) is 2.16. The van der Waals surface area contributed by atoms with Gasteiger partial charge in [0, 0.05) is 17.7 Å². The highest BCUT2D eigenvalue weighted by Gasteiger charge is 2.10. The van der Waals surface area contributed by atoms with Gasteiger partial charge in [0.15, 0.2) is 0 Å². The number of oxime groups is 1. The van der Waals surface area contributed by atoms with Crippen LogP contribution in [0, 0.1) is 11.3 Å². The first-order valence-corrected chi connectivity index (χ1v) is 7.38. The summed E-state index contributed by atoms with van der Waals surface area (Å²) in [6.07, 6.45) is -0.0500. The molecule has 2 aromatic rings. The Labute approximate surface area is 143 Å². The number of anilines is 1. The van der Waals surface area contributed by atoms with Gasteiger partial charge in [-0.25, -0.2) is 0 Å². The van der Waals surface area contributed by atoms with E-state index in [0.29, 0.717) is 22.4 Å². The van der Waals surface area contributed by atoms with Gasteiger partial charge in [0.2, 0.25) is 0 Å². The quantitative estimate of drug-likeness (QED) is 0.425. The maximum Gasteiger partial charge on any atom is 0.303 e. The largest absolute Gasteiger partial charge is 0.481 e. The molecule has 0 aliphatic heterocycles. The standard InChI is InChI=1S/C18H15N3O4/c19-11-12-2-1-3-14(10-12)18(24)20-15-6-4-13(5-7-15)16(21-25)8-9-17(22)23/h1-7,10,25H,8-9H2,(H,20,24)(H,22,23)/b21-16-. The number of carboxylic acid groups (broad SMARTS) is 1. The topological polar surface area (TPSA) is 123 Å². The van der Waals surface area contributed by atoms with Crippen LogP contribution in [0.5, 0.6) is 0 Å². The number of carbonyl (C=O) groups excluding carboxylic acids is 1. The molecular weight excluding hydrogens is 322 g/mol. The summed E-state index contributed by atoms with van der Waals surface area (Å²) in [6.45, 7) is 0. The minimum absolute atomic E-state index is 0.0957. The van der Waals surface area contributed by atoms with E-state index in [2.05, 4.69) is 10.5 Å². The first kappa shape index (κ1) is 17.7. The molecule has 0 aromatic heterocycles. The molecule has 0 aliphatic rings. The highest BCUT2D eigenvalue weighted by molar-refractivity contribution is 6.05. The van der Waals surface area contributed by atoms with Crippen LogP contribution in [-0.4, -0.2) is 27.9 Å². The SMILES string of the molecule is N#Cc1cccc(C(=O)Nc2ccc(/C(CCC(=O)O)=N\O)cc2)c1. The molecule has 0 radical (unpaired) electrons. The van der Waals surface area contributed by atoms with Gasteiger partial charge in [-0.05, 0) is 35.9 Å². The van der Waals surface area contributed by atoms with Gasteiger partial charge in [0.1, 0.15) is 0 Å². The van der Waals surface area contributed by atoms with Gasteiger partial charge in [-0.15, -0.1) is 0 Å². The monoisotopic (exact) mass is 337 g/mol. The Hall–Kier alpha value is -3.66. The van der Waals surface area contributed by atoms with Crippen LogP contribution in [0.2, 0.25) is 0 Å². The average Bonchev–Trinajstić information content (AvgIpc) is 2.63. The van der Waals surface area contributed by atoms with Gasteiger partial charge < -0.3 is 15.6 Å². The summed E-state index contributed by atoms with van der Waals surface area (Å²) in [5, 5.41) is 32.4. The van der Waals surface area contributed by atoms with Gasteiger partial charge in [-0.2, -0.15) is 5.26 Å². The Morgan fingerprint density at radius 2 is 1.80 bits per heavy atom. The first-order valence-electron chi connectivity index (χ1n) is 7.38. The maximum absolute atomic E-state index is 12.2. The van der Waals surface area contributed by atoms with E-state index in [1.807, 2.05) is 6.07 Å².